The van der Waals surface area contributed by atoms with Crippen LogP contribution in [0.15, 0.2) is 18.2 Å². The molecular formula is C15H21FN2O2. The molecule has 20 heavy (non-hydrogen) atoms. The highest BCUT2D eigenvalue weighted by atomic mass is 19.1. The summed E-state index contributed by atoms with van der Waals surface area (Å²) in [7, 11) is 0. The number of nitrogens with zero attached hydrogens (tertiary/aromatic N) is 1. The molecule has 4 nitrogen and oxygen atoms in total. The Morgan fingerprint density at radius 3 is 2.65 bits per heavy atom. The van der Waals surface area contributed by atoms with Gasteiger partial charge in [0.05, 0.1) is 12.3 Å². The summed E-state index contributed by atoms with van der Waals surface area (Å²) in [6.07, 6.45) is 5.32. The first-order chi connectivity index (χ1) is 9.63. The molecule has 0 radical (unpaired) electrons. The van der Waals surface area contributed by atoms with Crippen molar-refractivity contribution in [3.8, 4) is 0 Å². The molecule has 3 N–H and O–H groups in total. The van der Waals surface area contributed by atoms with Crippen LogP contribution in [0.4, 0.5) is 10.1 Å². The molecule has 0 saturated heterocycles. The Morgan fingerprint density at radius 1 is 1.35 bits per heavy atom. The van der Waals surface area contributed by atoms with E-state index in [0.29, 0.717) is 12.1 Å². The summed E-state index contributed by atoms with van der Waals surface area (Å²) in [4.78, 5) is 14.2. The number of nitrogen functional groups attached to an aromatic ring is 1. The maximum atomic E-state index is 13.2. The van der Waals surface area contributed by atoms with E-state index in [1.165, 1.54) is 24.6 Å². The van der Waals surface area contributed by atoms with Crippen molar-refractivity contribution >= 4 is 11.6 Å². The second-order valence-corrected chi connectivity index (χ2v) is 5.25. The maximum Gasteiger partial charge on any atom is 0.254 e. The quantitative estimate of drug-likeness (QED) is 0.831. The maximum absolute atomic E-state index is 13.2. The third kappa shape index (κ3) is 3.28. The minimum Gasteiger partial charge on any atom is -0.396 e. The van der Waals surface area contributed by atoms with Crippen LogP contribution in [0.3, 0.4) is 0 Å². The lowest BCUT2D eigenvalue weighted by molar-refractivity contribution is 0.0585. The van der Waals surface area contributed by atoms with Crippen molar-refractivity contribution in [3.05, 3.63) is 29.6 Å². The van der Waals surface area contributed by atoms with E-state index in [2.05, 4.69) is 0 Å². The van der Waals surface area contributed by atoms with E-state index in [0.717, 1.165) is 25.7 Å². The summed E-state index contributed by atoms with van der Waals surface area (Å²) in [6, 6.07) is 4.18. The van der Waals surface area contributed by atoms with Crippen LogP contribution in [-0.2, 0) is 0 Å². The minimum absolute atomic E-state index is 0.0246. The van der Waals surface area contributed by atoms with Gasteiger partial charge in [-0.15, -0.1) is 0 Å². The number of anilines is 1. The van der Waals surface area contributed by atoms with Crippen LogP contribution in [0.5, 0.6) is 0 Å². The van der Waals surface area contributed by atoms with Crippen molar-refractivity contribution in [1.29, 1.82) is 0 Å². The van der Waals surface area contributed by atoms with Crippen molar-refractivity contribution in [3.63, 3.8) is 0 Å². The molecule has 1 aromatic carbocycles. The van der Waals surface area contributed by atoms with Crippen LogP contribution in [0.1, 0.15) is 42.5 Å². The first-order valence-electron chi connectivity index (χ1n) is 7.10. The second kappa shape index (κ2) is 6.70. The Labute approximate surface area is 118 Å². The predicted octanol–water partition coefficient (Wildman–Crippen LogP) is 2.18. The zero-order chi connectivity index (χ0) is 14.5. The summed E-state index contributed by atoms with van der Waals surface area (Å²) >= 11 is 0. The van der Waals surface area contributed by atoms with E-state index in [9.17, 15) is 14.3 Å². The molecular weight excluding hydrogens is 259 g/mol. The molecule has 1 saturated carbocycles. The van der Waals surface area contributed by atoms with E-state index in [-0.39, 0.29) is 24.2 Å². The van der Waals surface area contributed by atoms with Gasteiger partial charge in [0.15, 0.2) is 0 Å². The number of hydrogen-bond donors (Lipinski definition) is 2. The molecule has 0 atom stereocenters. The van der Waals surface area contributed by atoms with Crippen LogP contribution in [0, 0.1) is 5.82 Å². The van der Waals surface area contributed by atoms with Crippen LogP contribution in [-0.4, -0.2) is 35.1 Å². The number of aliphatic hydroxyl groups excluding tert-OH is 1. The van der Waals surface area contributed by atoms with Crippen LogP contribution in [0.2, 0.25) is 0 Å². The van der Waals surface area contributed by atoms with Gasteiger partial charge in [-0.25, -0.2) is 4.39 Å². The van der Waals surface area contributed by atoms with E-state index < -0.39 is 5.82 Å². The monoisotopic (exact) mass is 280 g/mol. The smallest absolute Gasteiger partial charge is 0.254 e. The fraction of sp³-hybridized carbons (Fsp3) is 0.533. The highest BCUT2D eigenvalue weighted by Crippen LogP contribution is 2.24. The van der Waals surface area contributed by atoms with Crippen molar-refractivity contribution < 1.29 is 14.3 Å². The third-order valence-corrected chi connectivity index (χ3v) is 3.86. The van der Waals surface area contributed by atoms with Gasteiger partial charge in [-0.1, -0.05) is 19.3 Å². The molecule has 0 heterocycles. The van der Waals surface area contributed by atoms with Crippen molar-refractivity contribution in [2.45, 2.75) is 38.1 Å². The molecule has 2 rings (SSSR count). The van der Waals surface area contributed by atoms with E-state index in [1.807, 2.05) is 0 Å². The topological polar surface area (TPSA) is 66.6 Å². The van der Waals surface area contributed by atoms with E-state index in [4.69, 9.17) is 5.73 Å². The number of nitrogens with two attached hydrogens (primary N) is 1. The van der Waals surface area contributed by atoms with Gasteiger partial charge in [-0.3, -0.25) is 4.79 Å². The van der Waals surface area contributed by atoms with Gasteiger partial charge in [-0.2, -0.15) is 0 Å². The number of amides is 1. The zero-order valence-corrected chi connectivity index (χ0v) is 11.5. The van der Waals surface area contributed by atoms with Gasteiger partial charge in [0, 0.05) is 18.2 Å². The van der Waals surface area contributed by atoms with Gasteiger partial charge < -0.3 is 15.7 Å². The van der Waals surface area contributed by atoms with Gasteiger partial charge in [0.25, 0.3) is 5.91 Å². The lowest BCUT2D eigenvalue weighted by Crippen LogP contribution is -2.43. The zero-order valence-electron chi connectivity index (χ0n) is 11.5. The van der Waals surface area contributed by atoms with Gasteiger partial charge >= 0.3 is 0 Å². The molecule has 0 spiro atoms. The minimum atomic E-state index is -0.520. The molecule has 0 unspecified atom stereocenters. The molecule has 0 bridgehead atoms. The molecule has 1 aliphatic carbocycles. The van der Waals surface area contributed by atoms with Gasteiger partial charge in [0.2, 0.25) is 0 Å². The van der Waals surface area contributed by atoms with Gasteiger partial charge in [0.1, 0.15) is 5.82 Å². The fourth-order valence-corrected chi connectivity index (χ4v) is 2.79. The SMILES string of the molecule is Nc1cc(C(=O)N(CCO)C2CCCCC2)ccc1F. The molecule has 1 aliphatic rings. The average molecular weight is 280 g/mol. The van der Waals surface area contributed by atoms with Gasteiger partial charge in [-0.05, 0) is 31.0 Å². The largest absolute Gasteiger partial charge is 0.396 e. The first-order valence-corrected chi connectivity index (χ1v) is 7.10. The molecule has 110 valence electrons. The summed E-state index contributed by atoms with van der Waals surface area (Å²) in [5, 5.41) is 9.18. The Morgan fingerprint density at radius 2 is 2.05 bits per heavy atom. The van der Waals surface area contributed by atoms with Crippen molar-refractivity contribution in [2.24, 2.45) is 0 Å². The van der Waals surface area contributed by atoms with E-state index in [1.54, 1.807) is 4.90 Å². The van der Waals surface area contributed by atoms with Crippen molar-refractivity contribution in [1.82, 2.24) is 4.90 Å². The second-order valence-electron chi connectivity index (χ2n) is 5.25. The summed E-state index contributed by atoms with van der Waals surface area (Å²) in [5.41, 5.74) is 5.87. The summed E-state index contributed by atoms with van der Waals surface area (Å²) in [6.45, 7) is 0.236. The summed E-state index contributed by atoms with van der Waals surface area (Å²) in [5.74, 6) is -0.703. The number of carbonyl (C=O) groups is 1. The highest BCUT2D eigenvalue weighted by Gasteiger charge is 2.26. The molecule has 5 heteroatoms. The van der Waals surface area contributed by atoms with E-state index >= 15 is 0 Å². The number of hydrogen-bond acceptors (Lipinski definition) is 3. The predicted molar refractivity (Wildman–Crippen MR) is 75.8 cm³/mol. The molecule has 0 aliphatic heterocycles. The number of benzene rings is 1. The van der Waals surface area contributed by atoms with Crippen LogP contribution in [0.25, 0.3) is 0 Å². The summed E-state index contributed by atoms with van der Waals surface area (Å²) < 4.78 is 13.2. The number of aliphatic hydroxyl groups is 1. The number of halogens is 1. The van der Waals surface area contributed by atoms with Crippen molar-refractivity contribution in [2.75, 3.05) is 18.9 Å². The molecule has 1 fully saturated rings. The molecule has 0 aromatic heterocycles. The Kier molecular flexibility index (Phi) is 4.95. The lowest BCUT2D eigenvalue weighted by Gasteiger charge is -2.34. The third-order valence-electron chi connectivity index (χ3n) is 3.86. The fourth-order valence-electron chi connectivity index (χ4n) is 2.79. The molecule has 1 aromatic rings. The Bertz CT molecular complexity index is 473. The Hall–Kier alpha value is -1.62. The average Bonchev–Trinajstić information content (AvgIpc) is 2.48. The van der Waals surface area contributed by atoms with Crippen LogP contribution >= 0.6 is 0 Å². The standard InChI is InChI=1S/C15H21FN2O2/c16-13-7-6-11(10-14(13)17)15(20)18(8-9-19)12-4-2-1-3-5-12/h6-7,10,12,19H,1-5,8-9,17H2. The number of rotatable bonds is 4. The Balaban J connectivity index is 2.18. The first kappa shape index (κ1) is 14.8. The number of carbonyl (C=O) groups excluding carboxylic acids is 1. The van der Waals surface area contributed by atoms with Crippen LogP contribution < -0.4 is 5.73 Å². The molecule has 1 amide bonds. The lowest BCUT2D eigenvalue weighted by atomic mass is 9.93. The highest BCUT2D eigenvalue weighted by molar-refractivity contribution is 5.95. The normalized spacial score (nSPS) is 16.1.